The highest BCUT2D eigenvalue weighted by Crippen LogP contribution is 2.36. The zero-order valence-corrected chi connectivity index (χ0v) is 24.5. The average Bonchev–Trinajstić information content (AvgIpc) is 3.11. The third-order valence-corrected chi connectivity index (χ3v) is 7.87. The van der Waals surface area contributed by atoms with Crippen molar-refractivity contribution >= 4 is 28.5 Å². The number of rotatable bonds is 8. The first-order valence-electron chi connectivity index (χ1n) is 13.5. The number of carbonyl (C=O) groups is 1. The van der Waals surface area contributed by atoms with Gasteiger partial charge in [-0.25, -0.2) is 0 Å². The van der Waals surface area contributed by atoms with Crippen molar-refractivity contribution < 1.29 is 9.90 Å². The van der Waals surface area contributed by atoms with Gasteiger partial charge in [-0.2, -0.15) is 0 Å². The van der Waals surface area contributed by atoms with E-state index in [4.69, 9.17) is 11.6 Å². The van der Waals surface area contributed by atoms with Crippen LogP contribution in [0, 0.1) is 5.41 Å². The zero-order chi connectivity index (χ0) is 27.8. The number of aliphatic carboxylic acids is 1. The Labute approximate surface area is 232 Å². The maximum absolute atomic E-state index is 12.3. The molecule has 4 rings (SSSR count). The van der Waals surface area contributed by atoms with Crippen LogP contribution in [0.3, 0.4) is 0 Å². The lowest BCUT2D eigenvalue weighted by Crippen LogP contribution is -2.28. The van der Waals surface area contributed by atoms with E-state index in [-0.39, 0.29) is 5.41 Å². The third kappa shape index (κ3) is 5.99. The summed E-state index contributed by atoms with van der Waals surface area (Å²) in [6, 6.07) is 23.6. The molecule has 4 heteroatoms. The van der Waals surface area contributed by atoms with Crippen molar-refractivity contribution in [1.29, 1.82) is 0 Å². The van der Waals surface area contributed by atoms with Crippen LogP contribution in [0.5, 0.6) is 0 Å². The van der Waals surface area contributed by atoms with Crippen LogP contribution in [0.1, 0.15) is 87.9 Å². The average molecular weight is 530 g/mol. The quantitative estimate of drug-likeness (QED) is 0.247. The van der Waals surface area contributed by atoms with E-state index in [2.05, 4.69) is 81.7 Å². The predicted octanol–water partition coefficient (Wildman–Crippen LogP) is 9.01. The Morgan fingerprint density at radius 1 is 0.895 bits per heavy atom. The summed E-state index contributed by atoms with van der Waals surface area (Å²) in [5.41, 5.74) is 7.59. The Kier molecular flexibility index (Phi) is 7.81. The standard InChI is InChI=1S/C34H40ClNO2/c1-22(2)25-12-17-30-29(19-25)28(18-23-8-13-26(14-9-23)33(3,4)5)31(20-34(6,7)32(37)38)36(30)21-24-10-15-27(35)16-11-24/h8-17,19,22H,18,20-21H2,1-7H3,(H,37,38). The van der Waals surface area contributed by atoms with E-state index >= 15 is 0 Å². The lowest BCUT2D eigenvalue weighted by atomic mass is 9.84. The number of nitrogens with zero attached hydrogens (tertiary/aromatic N) is 1. The summed E-state index contributed by atoms with van der Waals surface area (Å²) in [6.45, 7) is 15.4. The minimum atomic E-state index is -0.905. The van der Waals surface area contributed by atoms with Crippen molar-refractivity contribution in [3.63, 3.8) is 0 Å². The maximum atomic E-state index is 12.3. The van der Waals surface area contributed by atoms with Crippen LogP contribution in [0.25, 0.3) is 10.9 Å². The first-order chi connectivity index (χ1) is 17.8. The molecule has 1 aromatic heterocycles. The van der Waals surface area contributed by atoms with Gasteiger partial charge in [-0.05, 0) is 83.7 Å². The molecule has 38 heavy (non-hydrogen) atoms. The molecule has 1 heterocycles. The molecule has 0 amide bonds. The molecule has 0 aliphatic carbocycles. The normalized spacial score (nSPS) is 12.4. The molecule has 0 spiro atoms. The van der Waals surface area contributed by atoms with E-state index in [1.54, 1.807) is 0 Å². The molecule has 0 saturated carbocycles. The Morgan fingerprint density at radius 3 is 2.05 bits per heavy atom. The number of carboxylic acid groups (broad SMARTS) is 1. The van der Waals surface area contributed by atoms with E-state index in [1.807, 2.05) is 38.1 Å². The summed E-state index contributed by atoms with van der Waals surface area (Å²) in [5, 5.41) is 12.0. The van der Waals surface area contributed by atoms with Gasteiger partial charge >= 0.3 is 5.97 Å². The Morgan fingerprint density at radius 2 is 1.50 bits per heavy atom. The van der Waals surface area contributed by atoms with Crippen LogP contribution in [-0.2, 0) is 29.6 Å². The van der Waals surface area contributed by atoms with Crippen LogP contribution < -0.4 is 0 Å². The van der Waals surface area contributed by atoms with E-state index in [0.29, 0.717) is 23.9 Å². The number of benzene rings is 3. The monoisotopic (exact) mass is 529 g/mol. The van der Waals surface area contributed by atoms with Crippen molar-refractivity contribution in [2.75, 3.05) is 0 Å². The van der Waals surface area contributed by atoms with Crippen LogP contribution in [-0.4, -0.2) is 15.6 Å². The fourth-order valence-corrected chi connectivity index (χ4v) is 5.15. The summed E-state index contributed by atoms with van der Waals surface area (Å²) in [4.78, 5) is 12.3. The van der Waals surface area contributed by atoms with Crippen LogP contribution >= 0.6 is 11.6 Å². The smallest absolute Gasteiger partial charge is 0.309 e. The van der Waals surface area contributed by atoms with E-state index in [0.717, 1.165) is 23.2 Å². The number of halogens is 1. The molecule has 0 saturated heterocycles. The SMILES string of the molecule is CC(C)c1ccc2c(c1)c(Cc1ccc(C(C)(C)C)cc1)c(CC(C)(C)C(=O)O)n2Cc1ccc(Cl)cc1. The van der Waals surface area contributed by atoms with Crippen molar-refractivity contribution in [2.45, 2.75) is 79.2 Å². The van der Waals surface area contributed by atoms with Gasteiger partial charge in [0.15, 0.2) is 0 Å². The number of fused-ring (bicyclic) bond motifs is 1. The lowest BCUT2D eigenvalue weighted by Gasteiger charge is -2.22. The largest absolute Gasteiger partial charge is 0.481 e. The first-order valence-corrected chi connectivity index (χ1v) is 13.9. The molecule has 200 valence electrons. The minimum Gasteiger partial charge on any atom is -0.481 e. The third-order valence-electron chi connectivity index (χ3n) is 7.62. The first kappa shape index (κ1) is 28.0. The highest BCUT2D eigenvalue weighted by Gasteiger charge is 2.31. The van der Waals surface area contributed by atoms with Crippen molar-refractivity contribution in [3.05, 3.63) is 105 Å². The topological polar surface area (TPSA) is 42.2 Å². The molecule has 3 nitrogen and oxygen atoms in total. The van der Waals surface area contributed by atoms with Crippen molar-refractivity contribution in [2.24, 2.45) is 5.41 Å². The van der Waals surface area contributed by atoms with Crippen LogP contribution in [0.4, 0.5) is 0 Å². The summed E-state index contributed by atoms with van der Waals surface area (Å²) < 4.78 is 2.33. The Balaban J connectivity index is 1.93. The van der Waals surface area contributed by atoms with Gasteiger partial charge in [-0.15, -0.1) is 0 Å². The molecule has 0 bridgehead atoms. The van der Waals surface area contributed by atoms with Gasteiger partial charge in [-0.3, -0.25) is 4.79 Å². The zero-order valence-electron chi connectivity index (χ0n) is 23.7. The van der Waals surface area contributed by atoms with Gasteiger partial charge in [-0.1, -0.05) is 88.7 Å². The van der Waals surface area contributed by atoms with Gasteiger partial charge < -0.3 is 9.67 Å². The van der Waals surface area contributed by atoms with Gasteiger partial charge in [0.05, 0.1) is 5.41 Å². The number of carboxylic acids is 1. The summed E-state index contributed by atoms with van der Waals surface area (Å²) in [5.74, 6) is -0.388. The van der Waals surface area contributed by atoms with Crippen molar-refractivity contribution in [1.82, 2.24) is 4.57 Å². The lowest BCUT2D eigenvalue weighted by molar-refractivity contribution is -0.146. The molecule has 0 atom stereocenters. The minimum absolute atomic E-state index is 0.0932. The molecular formula is C34H40ClNO2. The number of hydrogen-bond donors (Lipinski definition) is 1. The van der Waals surface area contributed by atoms with E-state index in [1.165, 1.54) is 27.6 Å². The van der Waals surface area contributed by atoms with Crippen LogP contribution in [0.15, 0.2) is 66.7 Å². The summed E-state index contributed by atoms with van der Waals surface area (Å²) in [6.07, 6.45) is 1.19. The van der Waals surface area contributed by atoms with E-state index < -0.39 is 11.4 Å². The molecular weight excluding hydrogens is 490 g/mol. The molecule has 1 N–H and O–H groups in total. The summed E-state index contributed by atoms with van der Waals surface area (Å²) in [7, 11) is 0. The Bertz CT molecular complexity index is 1440. The molecule has 0 aliphatic rings. The molecule has 0 fully saturated rings. The molecule has 4 aromatic rings. The second-order valence-electron chi connectivity index (χ2n) is 12.6. The van der Waals surface area contributed by atoms with Gasteiger partial charge in [0.25, 0.3) is 0 Å². The molecule has 3 aromatic carbocycles. The summed E-state index contributed by atoms with van der Waals surface area (Å²) >= 11 is 6.17. The second kappa shape index (κ2) is 10.6. The molecule has 0 radical (unpaired) electrons. The van der Waals surface area contributed by atoms with Crippen molar-refractivity contribution in [3.8, 4) is 0 Å². The molecule has 0 unspecified atom stereocenters. The Hall–Kier alpha value is -3.04. The number of aromatic nitrogens is 1. The highest BCUT2D eigenvalue weighted by molar-refractivity contribution is 6.30. The van der Waals surface area contributed by atoms with Gasteiger partial charge in [0.1, 0.15) is 0 Å². The van der Waals surface area contributed by atoms with Crippen LogP contribution in [0.2, 0.25) is 5.02 Å². The molecule has 0 aliphatic heterocycles. The maximum Gasteiger partial charge on any atom is 0.309 e. The number of hydrogen-bond acceptors (Lipinski definition) is 1. The van der Waals surface area contributed by atoms with Gasteiger partial charge in [0.2, 0.25) is 0 Å². The van der Waals surface area contributed by atoms with E-state index in [9.17, 15) is 9.90 Å². The highest BCUT2D eigenvalue weighted by atomic mass is 35.5. The fourth-order valence-electron chi connectivity index (χ4n) is 5.03. The van der Waals surface area contributed by atoms with Gasteiger partial charge in [0, 0.05) is 34.6 Å². The second-order valence-corrected chi connectivity index (χ2v) is 13.0. The predicted molar refractivity (Wildman–Crippen MR) is 160 cm³/mol. The fraction of sp³-hybridized carbons (Fsp3) is 0.382.